The van der Waals surface area contributed by atoms with Gasteiger partial charge in [-0.05, 0) is 49.1 Å². The van der Waals surface area contributed by atoms with E-state index in [1.165, 1.54) is 0 Å². The number of imidazole rings is 1. The second-order valence-electron chi connectivity index (χ2n) is 8.21. The molecular formula is C24H27N3O4. The number of nitrogens with zero attached hydrogens (tertiary/aromatic N) is 3. The van der Waals surface area contributed by atoms with Gasteiger partial charge in [-0.25, -0.2) is 4.98 Å². The van der Waals surface area contributed by atoms with E-state index >= 15 is 0 Å². The van der Waals surface area contributed by atoms with E-state index in [2.05, 4.69) is 13.8 Å². The van der Waals surface area contributed by atoms with Crippen molar-refractivity contribution in [2.75, 3.05) is 18.1 Å². The second-order valence-corrected chi connectivity index (χ2v) is 8.21. The van der Waals surface area contributed by atoms with E-state index in [0.29, 0.717) is 18.4 Å². The SMILES string of the molecule is CCOC(=O)[C@@H]1C(=O)N(CCC(C)C)c2nc3ccccc3n2[C@@H]1c1ccc(O)cc1. The quantitative estimate of drug-likeness (QED) is 0.482. The molecule has 1 aromatic heterocycles. The van der Waals surface area contributed by atoms with Crippen LogP contribution in [0.15, 0.2) is 48.5 Å². The number of phenolic OH excluding ortho intramolecular Hbond substituents is 1. The van der Waals surface area contributed by atoms with Crippen LogP contribution in [0.1, 0.15) is 38.8 Å². The van der Waals surface area contributed by atoms with Crippen molar-refractivity contribution in [3.05, 3.63) is 54.1 Å². The number of aromatic nitrogens is 2. The third-order valence-electron chi connectivity index (χ3n) is 5.65. The number of anilines is 1. The number of aromatic hydroxyl groups is 1. The highest BCUT2D eigenvalue weighted by Gasteiger charge is 2.47. The average molecular weight is 421 g/mol. The van der Waals surface area contributed by atoms with Gasteiger partial charge in [-0.3, -0.25) is 14.5 Å². The normalized spacial score (nSPS) is 18.5. The number of hydrogen-bond acceptors (Lipinski definition) is 5. The molecule has 0 bridgehead atoms. The number of rotatable bonds is 6. The average Bonchev–Trinajstić information content (AvgIpc) is 3.12. The van der Waals surface area contributed by atoms with E-state index in [1.807, 2.05) is 28.8 Å². The Morgan fingerprint density at radius 1 is 1.16 bits per heavy atom. The molecule has 3 aromatic rings. The Labute approximate surface area is 181 Å². The van der Waals surface area contributed by atoms with Crippen LogP contribution in [0.3, 0.4) is 0 Å². The van der Waals surface area contributed by atoms with Crippen LogP contribution in [0.5, 0.6) is 5.75 Å². The first-order valence-electron chi connectivity index (χ1n) is 10.7. The number of fused-ring (bicyclic) bond motifs is 3. The number of para-hydroxylation sites is 2. The van der Waals surface area contributed by atoms with Gasteiger partial charge in [0.05, 0.1) is 23.7 Å². The maximum Gasteiger partial charge on any atom is 0.321 e. The number of hydrogen-bond donors (Lipinski definition) is 1. The van der Waals surface area contributed by atoms with Gasteiger partial charge >= 0.3 is 5.97 Å². The molecule has 4 rings (SSSR count). The molecule has 0 fully saturated rings. The minimum absolute atomic E-state index is 0.118. The van der Waals surface area contributed by atoms with E-state index < -0.39 is 17.9 Å². The van der Waals surface area contributed by atoms with Crippen LogP contribution in [-0.4, -0.2) is 39.7 Å². The van der Waals surface area contributed by atoms with Gasteiger partial charge in [-0.1, -0.05) is 38.1 Å². The number of phenols is 1. The monoisotopic (exact) mass is 421 g/mol. The first kappa shape index (κ1) is 20.9. The van der Waals surface area contributed by atoms with Gasteiger partial charge in [0.1, 0.15) is 5.75 Å². The van der Waals surface area contributed by atoms with E-state index in [1.54, 1.807) is 36.1 Å². The fourth-order valence-electron chi connectivity index (χ4n) is 4.12. The Morgan fingerprint density at radius 3 is 2.55 bits per heavy atom. The Morgan fingerprint density at radius 2 is 1.87 bits per heavy atom. The molecule has 1 N–H and O–H groups in total. The smallest absolute Gasteiger partial charge is 0.321 e. The number of esters is 1. The van der Waals surface area contributed by atoms with Gasteiger partial charge in [0, 0.05) is 6.54 Å². The third kappa shape index (κ3) is 3.76. The summed E-state index contributed by atoms with van der Waals surface area (Å²) in [5.74, 6) is -0.856. The lowest BCUT2D eigenvalue weighted by Gasteiger charge is -2.38. The molecule has 1 amide bonds. The lowest BCUT2D eigenvalue weighted by Crippen LogP contribution is -2.50. The van der Waals surface area contributed by atoms with Gasteiger partial charge in [0.25, 0.3) is 0 Å². The lowest BCUT2D eigenvalue weighted by atomic mass is 9.89. The number of amides is 1. The van der Waals surface area contributed by atoms with E-state index in [0.717, 1.165) is 23.0 Å². The molecule has 0 radical (unpaired) electrons. The van der Waals surface area contributed by atoms with Gasteiger partial charge < -0.3 is 14.4 Å². The number of carbonyl (C=O) groups excluding carboxylic acids is 2. The summed E-state index contributed by atoms with van der Waals surface area (Å²) >= 11 is 0. The third-order valence-corrected chi connectivity index (χ3v) is 5.65. The fourth-order valence-corrected chi connectivity index (χ4v) is 4.12. The maximum atomic E-state index is 13.7. The predicted octanol–water partition coefficient (Wildman–Crippen LogP) is 3.90. The van der Waals surface area contributed by atoms with Crippen molar-refractivity contribution < 1.29 is 19.4 Å². The summed E-state index contributed by atoms with van der Waals surface area (Å²) < 4.78 is 7.30. The molecular weight excluding hydrogens is 394 g/mol. The van der Waals surface area contributed by atoms with Crippen LogP contribution in [0, 0.1) is 11.8 Å². The molecule has 1 aliphatic heterocycles. The van der Waals surface area contributed by atoms with Crippen molar-refractivity contribution in [1.29, 1.82) is 0 Å². The van der Waals surface area contributed by atoms with E-state index in [4.69, 9.17) is 9.72 Å². The topological polar surface area (TPSA) is 84.7 Å². The van der Waals surface area contributed by atoms with Crippen molar-refractivity contribution >= 4 is 28.9 Å². The largest absolute Gasteiger partial charge is 0.508 e. The first-order chi connectivity index (χ1) is 14.9. The Bertz CT molecular complexity index is 1100. The van der Waals surface area contributed by atoms with Crippen LogP contribution in [0.2, 0.25) is 0 Å². The zero-order valence-corrected chi connectivity index (χ0v) is 18.0. The molecule has 7 heteroatoms. The maximum absolute atomic E-state index is 13.7. The number of benzene rings is 2. The van der Waals surface area contributed by atoms with Gasteiger partial charge in [-0.2, -0.15) is 0 Å². The fraction of sp³-hybridized carbons (Fsp3) is 0.375. The van der Waals surface area contributed by atoms with Crippen LogP contribution in [-0.2, 0) is 14.3 Å². The van der Waals surface area contributed by atoms with Crippen LogP contribution in [0.4, 0.5) is 5.95 Å². The molecule has 0 unspecified atom stereocenters. The Kier molecular flexibility index (Phi) is 5.67. The summed E-state index contributed by atoms with van der Waals surface area (Å²) in [7, 11) is 0. The van der Waals surface area contributed by atoms with Crippen molar-refractivity contribution in [2.24, 2.45) is 11.8 Å². The van der Waals surface area contributed by atoms with Crippen molar-refractivity contribution in [1.82, 2.24) is 9.55 Å². The first-order valence-corrected chi connectivity index (χ1v) is 10.7. The van der Waals surface area contributed by atoms with Gasteiger partial charge in [0.2, 0.25) is 11.9 Å². The summed E-state index contributed by atoms with van der Waals surface area (Å²) in [4.78, 5) is 33.1. The Balaban J connectivity index is 1.95. The minimum atomic E-state index is -1.04. The Hall–Kier alpha value is -3.35. The van der Waals surface area contributed by atoms with Crippen LogP contribution >= 0.6 is 0 Å². The molecule has 0 saturated carbocycles. The highest BCUT2D eigenvalue weighted by molar-refractivity contribution is 6.08. The standard InChI is InChI=1S/C24H27N3O4/c1-4-31-23(30)20-21(16-9-11-17(28)12-10-16)27-19-8-6-5-7-18(19)25-24(27)26(22(20)29)14-13-15(2)3/h5-12,15,20-21,28H,4,13-14H2,1-3H3/t20-,21+/m0/s1. The molecule has 162 valence electrons. The molecule has 0 aliphatic carbocycles. The summed E-state index contributed by atoms with van der Waals surface area (Å²) in [6, 6.07) is 13.6. The zero-order valence-electron chi connectivity index (χ0n) is 18.0. The molecule has 0 saturated heterocycles. The molecule has 2 heterocycles. The molecule has 7 nitrogen and oxygen atoms in total. The van der Waals surface area contributed by atoms with Crippen molar-refractivity contribution in [3.8, 4) is 5.75 Å². The minimum Gasteiger partial charge on any atom is -0.508 e. The molecule has 2 aromatic carbocycles. The molecule has 2 atom stereocenters. The van der Waals surface area contributed by atoms with E-state index in [9.17, 15) is 14.7 Å². The summed E-state index contributed by atoms with van der Waals surface area (Å²) in [6.07, 6.45) is 0.786. The second kappa shape index (κ2) is 8.41. The van der Waals surface area contributed by atoms with Crippen molar-refractivity contribution in [2.45, 2.75) is 33.2 Å². The van der Waals surface area contributed by atoms with Crippen LogP contribution in [0.25, 0.3) is 11.0 Å². The summed E-state index contributed by atoms with van der Waals surface area (Å²) in [5.41, 5.74) is 2.33. The zero-order chi connectivity index (χ0) is 22.1. The predicted molar refractivity (Wildman–Crippen MR) is 118 cm³/mol. The van der Waals surface area contributed by atoms with Crippen LogP contribution < -0.4 is 4.90 Å². The highest BCUT2D eigenvalue weighted by Crippen LogP contribution is 2.41. The lowest BCUT2D eigenvalue weighted by molar-refractivity contribution is -0.153. The van der Waals surface area contributed by atoms with Crippen molar-refractivity contribution in [3.63, 3.8) is 0 Å². The van der Waals surface area contributed by atoms with E-state index in [-0.39, 0.29) is 18.3 Å². The van der Waals surface area contributed by atoms with Gasteiger partial charge in [0.15, 0.2) is 5.92 Å². The molecule has 31 heavy (non-hydrogen) atoms. The molecule has 1 aliphatic rings. The molecule has 0 spiro atoms. The number of ether oxygens (including phenoxy) is 1. The number of carbonyl (C=O) groups is 2. The summed E-state index contributed by atoms with van der Waals surface area (Å²) in [6.45, 7) is 6.58. The summed E-state index contributed by atoms with van der Waals surface area (Å²) in [5, 5.41) is 9.77. The highest BCUT2D eigenvalue weighted by atomic mass is 16.5. The van der Waals surface area contributed by atoms with Gasteiger partial charge in [-0.15, -0.1) is 0 Å².